The number of aliphatic hydroxyl groups excluding tert-OH is 2. The van der Waals surface area contributed by atoms with Crippen molar-refractivity contribution in [3.63, 3.8) is 0 Å². The lowest BCUT2D eigenvalue weighted by Gasteiger charge is -2.04. The molecule has 0 aliphatic rings. The molecular weight excluding hydrogens is 146 g/mol. The predicted molar refractivity (Wildman–Crippen MR) is 41.0 cm³/mol. The molecule has 0 aromatic carbocycles. The predicted octanol–water partition coefficient (Wildman–Crippen LogP) is -0.962. The Bertz CT molecular complexity index is 116. The molecule has 1 unspecified atom stereocenters. The number of carbonyl (C=O) groups is 1. The van der Waals surface area contributed by atoms with E-state index in [2.05, 4.69) is 0 Å². The van der Waals surface area contributed by atoms with E-state index in [1.165, 1.54) is 0 Å². The summed E-state index contributed by atoms with van der Waals surface area (Å²) in [6.07, 6.45) is 0.182. The van der Waals surface area contributed by atoms with Gasteiger partial charge < -0.3 is 15.9 Å². The van der Waals surface area contributed by atoms with Crippen LogP contribution < -0.4 is 5.73 Å². The summed E-state index contributed by atoms with van der Waals surface area (Å²) in [6.45, 7) is 0.134. The zero-order chi connectivity index (χ0) is 8.69. The molecule has 0 radical (unpaired) electrons. The second-order valence-corrected chi connectivity index (χ2v) is 2.47. The van der Waals surface area contributed by atoms with Crippen LogP contribution in [0.4, 0.5) is 0 Å². The fourth-order valence-corrected chi connectivity index (χ4v) is 0.729. The molecule has 0 aromatic rings. The van der Waals surface area contributed by atoms with Crippen molar-refractivity contribution in [2.45, 2.75) is 25.4 Å². The van der Waals surface area contributed by atoms with Gasteiger partial charge in [0.15, 0.2) is 0 Å². The lowest BCUT2D eigenvalue weighted by molar-refractivity contribution is -0.121. The van der Waals surface area contributed by atoms with E-state index in [-0.39, 0.29) is 18.8 Å². The molecule has 0 amide bonds. The highest BCUT2D eigenvalue weighted by Crippen LogP contribution is 1.97. The summed E-state index contributed by atoms with van der Waals surface area (Å²) in [5, 5.41) is 17.2. The molecule has 0 heterocycles. The highest BCUT2D eigenvalue weighted by molar-refractivity contribution is 5.78. The number of nitrogens with two attached hydrogens (primary N) is 1. The van der Waals surface area contributed by atoms with Gasteiger partial charge in [0.05, 0.1) is 12.7 Å². The average Bonchev–Trinajstić information content (AvgIpc) is 2.00. The van der Waals surface area contributed by atoms with Crippen molar-refractivity contribution in [2.75, 3.05) is 13.2 Å². The zero-order valence-electron chi connectivity index (χ0n) is 6.49. The number of hydrogen-bond acceptors (Lipinski definition) is 4. The van der Waals surface area contributed by atoms with Gasteiger partial charge >= 0.3 is 0 Å². The van der Waals surface area contributed by atoms with Gasteiger partial charge in [-0.25, -0.2) is 0 Å². The van der Waals surface area contributed by atoms with E-state index in [0.29, 0.717) is 19.4 Å². The summed E-state index contributed by atoms with van der Waals surface area (Å²) < 4.78 is 0. The standard InChI is InChI=1S/C7H15NO3/c8-3-1-2-6(10)4-7(11)5-9/h7,9,11H,1-5,8H2. The first kappa shape index (κ1) is 10.6. The second-order valence-electron chi connectivity index (χ2n) is 2.47. The van der Waals surface area contributed by atoms with Crippen LogP contribution in [-0.2, 0) is 4.79 Å². The molecule has 0 rings (SSSR count). The van der Waals surface area contributed by atoms with Crippen LogP contribution in [0.1, 0.15) is 19.3 Å². The van der Waals surface area contributed by atoms with Gasteiger partial charge in [-0.2, -0.15) is 0 Å². The van der Waals surface area contributed by atoms with Crippen molar-refractivity contribution >= 4 is 5.78 Å². The van der Waals surface area contributed by atoms with Crippen molar-refractivity contribution in [1.29, 1.82) is 0 Å². The third kappa shape index (κ3) is 5.97. The first-order valence-corrected chi connectivity index (χ1v) is 3.71. The first-order chi connectivity index (χ1) is 5.20. The van der Waals surface area contributed by atoms with E-state index >= 15 is 0 Å². The lowest BCUT2D eigenvalue weighted by Crippen LogP contribution is -2.17. The Hall–Kier alpha value is -0.450. The van der Waals surface area contributed by atoms with E-state index in [4.69, 9.17) is 15.9 Å². The summed E-state index contributed by atoms with van der Waals surface area (Å²) >= 11 is 0. The van der Waals surface area contributed by atoms with Gasteiger partial charge in [-0.05, 0) is 13.0 Å². The Morgan fingerprint density at radius 3 is 2.64 bits per heavy atom. The van der Waals surface area contributed by atoms with E-state index in [0.717, 1.165) is 0 Å². The van der Waals surface area contributed by atoms with E-state index in [1.54, 1.807) is 0 Å². The smallest absolute Gasteiger partial charge is 0.135 e. The molecule has 4 nitrogen and oxygen atoms in total. The molecule has 1 atom stereocenters. The highest BCUT2D eigenvalue weighted by Gasteiger charge is 2.08. The van der Waals surface area contributed by atoms with Crippen molar-refractivity contribution in [3.05, 3.63) is 0 Å². The zero-order valence-corrected chi connectivity index (χ0v) is 6.49. The maximum Gasteiger partial charge on any atom is 0.135 e. The molecule has 0 aliphatic carbocycles. The minimum atomic E-state index is -0.903. The molecule has 0 aromatic heterocycles. The molecule has 11 heavy (non-hydrogen) atoms. The van der Waals surface area contributed by atoms with Crippen LogP contribution >= 0.6 is 0 Å². The average molecular weight is 161 g/mol. The first-order valence-electron chi connectivity index (χ1n) is 3.71. The summed E-state index contributed by atoms with van der Waals surface area (Å²) in [5.41, 5.74) is 5.18. The Morgan fingerprint density at radius 2 is 2.18 bits per heavy atom. The molecule has 0 aliphatic heterocycles. The number of aliphatic hydroxyl groups is 2. The minimum Gasteiger partial charge on any atom is -0.394 e. The monoisotopic (exact) mass is 161 g/mol. The number of Topliss-reactive ketones (excluding diaryl/α,β-unsaturated/α-hetero) is 1. The van der Waals surface area contributed by atoms with E-state index < -0.39 is 6.10 Å². The fourth-order valence-electron chi connectivity index (χ4n) is 0.729. The molecule has 0 fully saturated rings. The van der Waals surface area contributed by atoms with Gasteiger partial charge in [0.2, 0.25) is 0 Å². The Balaban J connectivity index is 3.36. The van der Waals surface area contributed by atoms with Gasteiger partial charge in [0.1, 0.15) is 5.78 Å². The largest absolute Gasteiger partial charge is 0.394 e. The highest BCUT2D eigenvalue weighted by atomic mass is 16.3. The molecule has 66 valence electrons. The van der Waals surface area contributed by atoms with E-state index in [1.807, 2.05) is 0 Å². The topological polar surface area (TPSA) is 83.6 Å². The van der Waals surface area contributed by atoms with Crippen LogP contribution in [0, 0.1) is 0 Å². The van der Waals surface area contributed by atoms with E-state index in [9.17, 15) is 4.79 Å². The SMILES string of the molecule is NCCCC(=O)CC(O)CO. The number of ketones is 1. The summed E-state index contributed by atoms with van der Waals surface area (Å²) in [5.74, 6) is -0.0444. The normalized spacial score (nSPS) is 13.0. The van der Waals surface area contributed by atoms with Gasteiger partial charge in [0, 0.05) is 12.8 Å². The van der Waals surface area contributed by atoms with Crippen molar-refractivity contribution in [1.82, 2.24) is 0 Å². The third-order valence-electron chi connectivity index (χ3n) is 1.33. The van der Waals surface area contributed by atoms with Crippen LogP contribution in [0.2, 0.25) is 0 Å². The third-order valence-corrected chi connectivity index (χ3v) is 1.33. The lowest BCUT2D eigenvalue weighted by atomic mass is 10.1. The van der Waals surface area contributed by atoms with Gasteiger partial charge in [-0.1, -0.05) is 0 Å². The summed E-state index contributed by atoms with van der Waals surface area (Å²) in [7, 11) is 0. The molecule has 0 spiro atoms. The summed E-state index contributed by atoms with van der Waals surface area (Å²) in [6, 6.07) is 0. The number of rotatable bonds is 6. The van der Waals surface area contributed by atoms with Crippen molar-refractivity contribution in [2.24, 2.45) is 5.73 Å². The van der Waals surface area contributed by atoms with Crippen LogP contribution in [0.3, 0.4) is 0 Å². The van der Waals surface area contributed by atoms with Gasteiger partial charge in [-0.3, -0.25) is 4.79 Å². The Labute approximate surface area is 66.0 Å². The fraction of sp³-hybridized carbons (Fsp3) is 0.857. The van der Waals surface area contributed by atoms with Gasteiger partial charge in [-0.15, -0.1) is 0 Å². The molecule has 0 saturated carbocycles. The van der Waals surface area contributed by atoms with Crippen molar-refractivity contribution in [3.8, 4) is 0 Å². The van der Waals surface area contributed by atoms with Crippen LogP contribution in [0.25, 0.3) is 0 Å². The van der Waals surface area contributed by atoms with Crippen molar-refractivity contribution < 1.29 is 15.0 Å². The van der Waals surface area contributed by atoms with Crippen LogP contribution in [-0.4, -0.2) is 35.3 Å². The number of carbonyl (C=O) groups excluding carboxylic acids is 1. The van der Waals surface area contributed by atoms with Gasteiger partial charge in [0.25, 0.3) is 0 Å². The molecule has 0 saturated heterocycles. The Morgan fingerprint density at radius 1 is 1.55 bits per heavy atom. The van der Waals surface area contributed by atoms with Crippen LogP contribution in [0.5, 0.6) is 0 Å². The second kappa shape index (κ2) is 6.27. The maximum atomic E-state index is 10.8. The summed E-state index contributed by atoms with van der Waals surface area (Å²) in [4.78, 5) is 10.8. The maximum absolute atomic E-state index is 10.8. The van der Waals surface area contributed by atoms with Crippen LogP contribution in [0.15, 0.2) is 0 Å². The molecule has 4 heteroatoms. The Kier molecular flexibility index (Phi) is 6.02. The molecule has 4 N–H and O–H groups in total. The quantitative estimate of drug-likeness (QED) is 0.468. The molecule has 0 bridgehead atoms. The molecular formula is C7H15NO3. The number of hydrogen-bond donors (Lipinski definition) is 3. The minimum absolute atomic E-state index is 0.0382.